The minimum Gasteiger partial charge on any atom is -0.490 e. The minimum absolute atomic E-state index is 0.373. The summed E-state index contributed by atoms with van der Waals surface area (Å²) >= 11 is 3.48. The smallest absolute Gasteiger partial charge is 0.137 e. The first-order valence-corrected chi connectivity index (χ1v) is 8.32. The minimum atomic E-state index is 0.373. The van der Waals surface area contributed by atoms with Crippen molar-refractivity contribution in [1.82, 2.24) is 15.2 Å². The molecule has 1 aromatic carbocycles. The number of piperazine rings is 1. The molecule has 4 nitrogen and oxygen atoms in total. The molecule has 0 aliphatic carbocycles. The van der Waals surface area contributed by atoms with Gasteiger partial charge in [0.15, 0.2) is 0 Å². The second-order valence-electron chi connectivity index (χ2n) is 5.45. The quantitative estimate of drug-likeness (QED) is 0.888. The van der Waals surface area contributed by atoms with Crippen LogP contribution < -0.4 is 10.1 Å². The van der Waals surface area contributed by atoms with Crippen LogP contribution in [0.1, 0.15) is 5.56 Å². The van der Waals surface area contributed by atoms with Crippen LogP contribution in [0.4, 0.5) is 0 Å². The van der Waals surface area contributed by atoms with E-state index in [2.05, 4.69) is 55.4 Å². The lowest BCUT2D eigenvalue weighted by molar-refractivity contribution is 0.104. The van der Waals surface area contributed by atoms with Gasteiger partial charge in [0.1, 0.15) is 12.4 Å². The summed E-state index contributed by atoms with van der Waals surface area (Å²) in [4.78, 5) is 6.57. The van der Waals surface area contributed by atoms with E-state index in [0.29, 0.717) is 12.6 Å². The fourth-order valence-electron chi connectivity index (χ4n) is 2.62. The van der Waals surface area contributed by atoms with Gasteiger partial charge < -0.3 is 10.1 Å². The van der Waals surface area contributed by atoms with Crippen LogP contribution in [0.15, 0.2) is 53.3 Å². The average molecular weight is 362 g/mol. The Balaban J connectivity index is 1.59. The molecule has 2 heterocycles. The van der Waals surface area contributed by atoms with Crippen LogP contribution in [0.25, 0.3) is 0 Å². The summed E-state index contributed by atoms with van der Waals surface area (Å²) < 4.78 is 7.00. The maximum Gasteiger partial charge on any atom is 0.137 e. The Morgan fingerprint density at radius 1 is 1.27 bits per heavy atom. The highest BCUT2D eigenvalue weighted by Gasteiger charge is 2.22. The number of rotatable bonds is 5. The van der Waals surface area contributed by atoms with Gasteiger partial charge in [-0.2, -0.15) is 0 Å². The van der Waals surface area contributed by atoms with E-state index in [1.807, 2.05) is 12.1 Å². The van der Waals surface area contributed by atoms with E-state index in [1.54, 1.807) is 12.4 Å². The molecular weight excluding hydrogens is 342 g/mol. The summed E-state index contributed by atoms with van der Waals surface area (Å²) in [7, 11) is 0. The van der Waals surface area contributed by atoms with Crippen LogP contribution in [0.3, 0.4) is 0 Å². The molecule has 1 N–H and O–H groups in total. The first-order chi connectivity index (χ1) is 10.8. The Hall–Kier alpha value is -1.43. The number of hydrogen-bond acceptors (Lipinski definition) is 4. The summed E-state index contributed by atoms with van der Waals surface area (Å²) in [6, 6.07) is 12.8. The number of halogens is 1. The molecule has 1 unspecified atom stereocenters. The van der Waals surface area contributed by atoms with Gasteiger partial charge in [-0.05, 0) is 29.8 Å². The molecule has 0 saturated carbocycles. The highest BCUT2D eigenvalue weighted by molar-refractivity contribution is 9.10. The molecule has 116 valence electrons. The molecule has 1 aliphatic heterocycles. The standard InChI is InChI=1S/C17H20BrN3O/c18-15-5-3-14(4-6-15)12-21-9-8-20-10-16(21)13-22-17-2-1-7-19-11-17/h1-7,11,16,20H,8-10,12-13H2. The summed E-state index contributed by atoms with van der Waals surface area (Å²) in [5, 5.41) is 3.45. The molecule has 1 aromatic heterocycles. The molecule has 3 rings (SSSR count). The molecule has 1 atom stereocenters. The topological polar surface area (TPSA) is 37.4 Å². The van der Waals surface area contributed by atoms with E-state index in [0.717, 1.165) is 36.4 Å². The van der Waals surface area contributed by atoms with Crippen molar-refractivity contribution in [3.8, 4) is 5.75 Å². The fourth-order valence-corrected chi connectivity index (χ4v) is 2.89. The lowest BCUT2D eigenvalue weighted by Crippen LogP contribution is -2.53. The van der Waals surface area contributed by atoms with Crippen LogP contribution in [0.5, 0.6) is 5.75 Å². The van der Waals surface area contributed by atoms with Gasteiger partial charge in [-0.15, -0.1) is 0 Å². The molecule has 1 fully saturated rings. The molecule has 0 radical (unpaired) electrons. The summed E-state index contributed by atoms with van der Waals surface area (Å²) in [6.45, 7) is 4.65. The van der Waals surface area contributed by atoms with Gasteiger partial charge in [-0.3, -0.25) is 9.88 Å². The monoisotopic (exact) mass is 361 g/mol. The van der Waals surface area contributed by atoms with Crippen LogP contribution in [0, 0.1) is 0 Å². The van der Waals surface area contributed by atoms with Gasteiger partial charge in [-0.25, -0.2) is 0 Å². The van der Waals surface area contributed by atoms with Crippen molar-refractivity contribution >= 4 is 15.9 Å². The summed E-state index contributed by atoms with van der Waals surface area (Å²) in [5.74, 6) is 0.830. The van der Waals surface area contributed by atoms with E-state index < -0.39 is 0 Å². The maximum absolute atomic E-state index is 5.88. The van der Waals surface area contributed by atoms with Crippen LogP contribution in [0.2, 0.25) is 0 Å². The van der Waals surface area contributed by atoms with E-state index >= 15 is 0 Å². The third-order valence-corrected chi connectivity index (χ3v) is 4.38. The predicted molar refractivity (Wildman–Crippen MR) is 90.9 cm³/mol. The van der Waals surface area contributed by atoms with E-state index in [1.165, 1.54) is 5.56 Å². The number of nitrogens with zero attached hydrogens (tertiary/aromatic N) is 2. The van der Waals surface area contributed by atoms with Crippen molar-refractivity contribution < 1.29 is 4.74 Å². The average Bonchev–Trinajstić information content (AvgIpc) is 2.57. The number of nitrogens with one attached hydrogen (secondary N) is 1. The highest BCUT2D eigenvalue weighted by atomic mass is 79.9. The van der Waals surface area contributed by atoms with E-state index in [9.17, 15) is 0 Å². The molecule has 1 saturated heterocycles. The molecule has 2 aromatic rings. The molecular formula is C17H20BrN3O. The van der Waals surface area contributed by atoms with Gasteiger partial charge >= 0.3 is 0 Å². The summed E-state index contributed by atoms with van der Waals surface area (Å²) in [5.41, 5.74) is 1.33. The van der Waals surface area contributed by atoms with Crippen molar-refractivity contribution in [2.45, 2.75) is 12.6 Å². The zero-order valence-electron chi connectivity index (χ0n) is 12.4. The van der Waals surface area contributed by atoms with Crippen LogP contribution in [-0.2, 0) is 6.54 Å². The zero-order valence-corrected chi connectivity index (χ0v) is 14.0. The zero-order chi connectivity index (χ0) is 15.2. The SMILES string of the molecule is Brc1ccc(CN2CCNCC2COc2cccnc2)cc1. The van der Waals surface area contributed by atoms with Gasteiger partial charge in [0, 0.05) is 36.8 Å². The molecule has 0 bridgehead atoms. The summed E-state index contributed by atoms with van der Waals surface area (Å²) in [6.07, 6.45) is 3.52. The van der Waals surface area contributed by atoms with E-state index in [-0.39, 0.29) is 0 Å². The highest BCUT2D eigenvalue weighted by Crippen LogP contribution is 2.15. The molecule has 0 amide bonds. The van der Waals surface area contributed by atoms with Crippen molar-refractivity contribution in [3.63, 3.8) is 0 Å². The largest absolute Gasteiger partial charge is 0.490 e. The second-order valence-corrected chi connectivity index (χ2v) is 6.37. The predicted octanol–water partition coefficient (Wildman–Crippen LogP) is 2.70. The first kappa shape index (κ1) is 15.5. The Kier molecular flexibility index (Phi) is 5.43. The van der Waals surface area contributed by atoms with Gasteiger partial charge in [0.05, 0.1) is 12.2 Å². The Morgan fingerprint density at radius 2 is 2.14 bits per heavy atom. The number of hydrogen-bond donors (Lipinski definition) is 1. The third kappa shape index (κ3) is 4.29. The Morgan fingerprint density at radius 3 is 2.91 bits per heavy atom. The van der Waals surface area contributed by atoms with Gasteiger partial charge in [0.2, 0.25) is 0 Å². The number of pyridine rings is 1. The van der Waals surface area contributed by atoms with Crippen LogP contribution >= 0.6 is 15.9 Å². The number of ether oxygens (including phenoxy) is 1. The molecule has 22 heavy (non-hydrogen) atoms. The molecule has 1 aliphatic rings. The van der Waals surface area contributed by atoms with Crippen molar-refractivity contribution in [2.75, 3.05) is 26.2 Å². The Labute approximate surface area is 139 Å². The number of benzene rings is 1. The van der Waals surface area contributed by atoms with Crippen molar-refractivity contribution in [2.24, 2.45) is 0 Å². The van der Waals surface area contributed by atoms with Crippen molar-refractivity contribution in [1.29, 1.82) is 0 Å². The lowest BCUT2D eigenvalue weighted by Gasteiger charge is -2.36. The van der Waals surface area contributed by atoms with E-state index in [4.69, 9.17) is 4.74 Å². The second kappa shape index (κ2) is 7.72. The van der Waals surface area contributed by atoms with Gasteiger partial charge in [0.25, 0.3) is 0 Å². The molecule has 0 spiro atoms. The van der Waals surface area contributed by atoms with Crippen LogP contribution in [-0.4, -0.2) is 42.2 Å². The maximum atomic E-state index is 5.88. The number of aromatic nitrogens is 1. The fraction of sp³-hybridized carbons (Fsp3) is 0.353. The Bertz CT molecular complexity index is 576. The van der Waals surface area contributed by atoms with Gasteiger partial charge in [-0.1, -0.05) is 28.1 Å². The van der Waals surface area contributed by atoms with Crippen molar-refractivity contribution in [3.05, 3.63) is 58.8 Å². The normalized spacial score (nSPS) is 19.0. The molecule has 5 heteroatoms. The first-order valence-electron chi connectivity index (χ1n) is 7.53. The lowest BCUT2D eigenvalue weighted by atomic mass is 10.1. The third-order valence-electron chi connectivity index (χ3n) is 3.85.